The van der Waals surface area contributed by atoms with Gasteiger partial charge in [-0.1, -0.05) is 0 Å². The topological polar surface area (TPSA) is 46.2 Å². The molecule has 0 saturated heterocycles. The molecule has 0 radical (unpaired) electrons. The van der Waals surface area contributed by atoms with Crippen molar-refractivity contribution in [1.29, 1.82) is 0 Å². The second kappa shape index (κ2) is 7.45. The molecule has 0 aliphatic carbocycles. The highest BCUT2D eigenvalue weighted by Crippen LogP contribution is 2.14. The number of rotatable bonds is 5. The fourth-order valence-electron chi connectivity index (χ4n) is 1.72. The Hall–Kier alpha value is -2.14. The second-order valence-corrected chi connectivity index (χ2v) is 4.62. The number of aromatic nitrogens is 1. The predicted molar refractivity (Wildman–Crippen MR) is 85.2 cm³/mol. The van der Waals surface area contributed by atoms with E-state index >= 15 is 0 Å². The van der Waals surface area contributed by atoms with Crippen LogP contribution in [0, 0.1) is 0 Å². The van der Waals surface area contributed by atoms with Gasteiger partial charge in [-0.05, 0) is 60.6 Å². The van der Waals surface area contributed by atoms with Crippen LogP contribution in [0.2, 0.25) is 0 Å². The van der Waals surface area contributed by atoms with Gasteiger partial charge in [0.15, 0.2) is 5.11 Å². The van der Waals surface area contributed by atoms with Crippen molar-refractivity contribution in [2.75, 3.05) is 19.0 Å². The molecule has 0 saturated carbocycles. The van der Waals surface area contributed by atoms with Gasteiger partial charge < -0.3 is 15.4 Å². The summed E-state index contributed by atoms with van der Waals surface area (Å²) in [5.41, 5.74) is 2.17. The maximum atomic E-state index is 5.25. The van der Waals surface area contributed by atoms with E-state index in [-0.39, 0.29) is 0 Å². The molecule has 20 heavy (non-hydrogen) atoms. The minimum Gasteiger partial charge on any atom is -0.497 e. The van der Waals surface area contributed by atoms with E-state index in [0.717, 1.165) is 24.4 Å². The maximum Gasteiger partial charge on any atom is 0.170 e. The second-order valence-electron chi connectivity index (χ2n) is 4.21. The van der Waals surface area contributed by atoms with Crippen LogP contribution in [-0.4, -0.2) is 23.8 Å². The largest absolute Gasteiger partial charge is 0.497 e. The number of hydrogen-bond donors (Lipinski definition) is 2. The normalized spacial score (nSPS) is 9.85. The van der Waals surface area contributed by atoms with Crippen molar-refractivity contribution >= 4 is 23.0 Å². The Bertz CT molecular complexity index is 543. The van der Waals surface area contributed by atoms with Crippen LogP contribution in [0.4, 0.5) is 5.69 Å². The lowest BCUT2D eigenvalue weighted by atomic mass is 10.2. The predicted octanol–water partition coefficient (Wildman–Crippen LogP) is 2.62. The van der Waals surface area contributed by atoms with Crippen LogP contribution in [0.3, 0.4) is 0 Å². The van der Waals surface area contributed by atoms with Gasteiger partial charge in [0.1, 0.15) is 5.75 Å². The van der Waals surface area contributed by atoms with Gasteiger partial charge in [-0.25, -0.2) is 0 Å². The third-order valence-corrected chi connectivity index (χ3v) is 3.04. The number of nitrogens with one attached hydrogen (secondary N) is 2. The lowest BCUT2D eigenvalue weighted by Crippen LogP contribution is -2.30. The molecule has 0 spiro atoms. The van der Waals surface area contributed by atoms with Crippen molar-refractivity contribution in [3.05, 3.63) is 54.4 Å². The maximum absolute atomic E-state index is 5.25. The van der Waals surface area contributed by atoms with E-state index in [1.54, 1.807) is 19.5 Å². The average molecular weight is 287 g/mol. The lowest BCUT2D eigenvalue weighted by molar-refractivity contribution is 0.415. The van der Waals surface area contributed by atoms with Crippen LogP contribution in [0.25, 0.3) is 0 Å². The number of nitrogens with zero attached hydrogens (tertiary/aromatic N) is 1. The van der Waals surface area contributed by atoms with Gasteiger partial charge in [-0.2, -0.15) is 0 Å². The number of methoxy groups -OCH3 is 1. The molecule has 2 N–H and O–H groups in total. The number of ether oxygens (including phenoxy) is 1. The fraction of sp³-hybridized carbons (Fsp3) is 0.200. The van der Waals surface area contributed by atoms with Gasteiger partial charge in [-0.15, -0.1) is 0 Å². The minimum absolute atomic E-state index is 0.615. The highest BCUT2D eigenvalue weighted by Gasteiger charge is 1.98. The third-order valence-electron chi connectivity index (χ3n) is 2.80. The van der Waals surface area contributed by atoms with E-state index in [1.165, 1.54) is 5.56 Å². The number of anilines is 1. The molecule has 104 valence electrons. The van der Waals surface area contributed by atoms with Crippen molar-refractivity contribution in [3.63, 3.8) is 0 Å². The summed E-state index contributed by atoms with van der Waals surface area (Å²) in [7, 11) is 1.65. The van der Waals surface area contributed by atoms with Gasteiger partial charge in [0.2, 0.25) is 0 Å². The Labute approximate surface area is 124 Å². The van der Waals surface area contributed by atoms with Crippen molar-refractivity contribution in [3.8, 4) is 5.75 Å². The van der Waals surface area contributed by atoms with E-state index in [2.05, 4.69) is 15.6 Å². The zero-order chi connectivity index (χ0) is 14.2. The zero-order valence-corrected chi connectivity index (χ0v) is 12.1. The monoisotopic (exact) mass is 287 g/mol. The standard InChI is InChI=1S/C15H17N3OS/c1-19-14-4-2-13(3-5-14)18-15(20)17-11-8-12-6-9-16-10-7-12/h2-7,9-10H,8,11H2,1H3,(H2,17,18,20). The first-order valence-corrected chi connectivity index (χ1v) is 6.76. The summed E-state index contributed by atoms with van der Waals surface area (Å²) in [6.07, 6.45) is 4.50. The molecule has 0 amide bonds. The van der Waals surface area contributed by atoms with Gasteiger partial charge in [-0.3, -0.25) is 4.98 Å². The van der Waals surface area contributed by atoms with Crippen LogP contribution >= 0.6 is 12.2 Å². The molecule has 0 bridgehead atoms. The zero-order valence-electron chi connectivity index (χ0n) is 11.3. The lowest BCUT2D eigenvalue weighted by Gasteiger charge is -2.10. The number of thiocarbonyl (C=S) groups is 1. The van der Waals surface area contributed by atoms with Crippen molar-refractivity contribution < 1.29 is 4.74 Å². The van der Waals surface area contributed by atoms with Crippen LogP contribution in [-0.2, 0) is 6.42 Å². The van der Waals surface area contributed by atoms with Gasteiger partial charge in [0.25, 0.3) is 0 Å². The van der Waals surface area contributed by atoms with Crippen LogP contribution in [0.15, 0.2) is 48.8 Å². The molecular formula is C15H17N3OS. The average Bonchev–Trinajstić information content (AvgIpc) is 2.49. The Balaban J connectivity index is 1.74. The minimum atomic E-state index is 0.615. The van der Waals surface area contributed by atoms with Crippen LogP contribution in [0.5, 0.6) is 5.75 Å². The van der Waals surface area contributed by atoms with E-state index in [9.17, 15) is 0 Å². The molecule has 0 aliphatic rings. The molecule has 1 aromatic heterocycles. The third kappa shape index (κ3) is 4.51. The summed E-state index contributed by atoms with van der Waals surface area (Å²) in [4.78, 5) is 3.99. The summed E-state index contributed by atoms with van der Waals surface area (Å²) in [6, 6.07) is 11.6. The molecule has 2 rings (SSSR count). The Kier molecular flexibility index (Phi) is 5.32. The molecule has 1 heterocycles. The fourth-order valence-corrected chi connectivity index (χ4v) is 1.94. The molecule has 0 aliphatic heterocycles. The number of benzene rings is 1. The molecule has 5 heteroatoms. The first-order chi connectivity index (χ1) is 9.78. The van der Waals surface area contributed by atoms with Crippen LogP contribution in [0.1, 0.15) is 5.56 Å². The van der Waals surface area contributed by atoms with Gasteiger partial charge >= 0.3 is 0 Å². The first-order valence-electron chi connectivity index (χ1n) is 6.36. The molecule has 4 nitrogen and oxygen atoms in total. The van der Waals surface area contributed by atoms with Crippen molar-refractivity contribution in [1.82, 2.24) is 10.3 Å². The summed E-state index contributed by atoms with van der Waals surface area (Å²) in [5, 5.41) is 6.92. The summed E-state index contributed by atoms with van der Waals surface area (Å²) < 4.78 is 5.11. The summed E-state index contributed by atoms with van der Waals surface area (Å²) in [5.74, 6) is 0.826. The Morgan fingerprint density at radius 1 is 1.15 bits per heavy atom. The van der Waals surface area contributed by atoms with Gasteiger partial charge in [0, 0.05) is 24.6 Å². The molecule has 2 aromatic rings. The molecule has 1 aromatic carbocycles. The van der Waals surface area contributed by atoms with E-state index in [0.29, 0.717) is 5.11 Å². The SMILES string of the molecule is COc1ccc(NC(=S)NCCc2ccncc2)cc1. The Morgan fingerprint density at radius 2 is 1.85 bits per heavy atom. The highest BCUT2D eigenvalue weighted by atomic mass is 32.1. The van der Waals surface area contributed by atoms with Crippen LogP contribution < -0.4 is 15.4 Å². The van der Waals surface area contributed by atoms with Gasteiger partial charge in [0.05, 0.1) is 7.11 Å². The smallest absolute Gasteiger partial charge is 0.170 e. The molecule has 0 fully saturated rings. The summed E-state index contributed by atoms with van der Waals surface area (Å²) >= 11 is 5.25. The van der Waals surface area contributed by atoms with Crippen molar-refractivity contribution in [2.45, 2.75) is 6.42 Å². The van der Waals surface area contributed by atoms with E-state index in [4.69, 9.17) is 17.0 Å². The number of pyridine rings is 1. The molecule has 0 atom stereocenters. The summed E-state index contributed by atoms with van der Waals surface area (Å²) in [6.45, 7) is 0.784. The van der Waals surface area contributed by atoms with Crippen molar-refractivity contribution in [2.24, 2.45) is 0 Å². The van der Waals surface area contributed by atoms with E-state index < -0.39 is 0 Å². The molecule has 0 unspecified atom stereocenters. The molecular weight excluding hydrogens is 270 g/mol. The quantitative estimate of drug-likeness (QED) is 0.828. The Morgan fingerprint density at radius 3 is 2.50 bits per heavy atom. The number of hydrogen-bond acceptors (Lipinski definition) is 3. The first kappa shape index (κ1) is 14.3. The van der Waals surface area contributed by atoms with E-state index in [1.807, 2.05) is 36.4 Å². The highest BCUT2D eigenvalue weighted by molar-refractivity contribution is 7.80.